The van der Waals surface area contributed by atoms with Crippen molar-refractivity contribution < 1.29 is 0 Å². The first kappa shape index (κ1) is 40.3. The fourth-order valence-corrected chi connectivity index (χ4v) is 3.65. The second-order valence-corrected chi connectivity index (χ2v) is 9.48. The van der Waals surface area contributed by atoms with Gasteiger partial charge in [-0.05, 0) is 35.8 Å². The number of fused-ring (bicyclic) bond motifs is 1. The first-order chi connectivity index (χ1) is 17.7. The molecular weight excluding hydrogens is 454 g/mol. The molecule has 0 saturated heterocycles. The Morgan fingerprint density at radius 3 is 1.61 bits per heavy atom. The van der Waals surface area contributed by atoms with Gasteiger partial charge in [0.15, 0.2) is 14.6 Å². The molecule has 0 bridgehead atoms. The Balaban J connectivity index is -0.000000438. The van der Waals surface area contributed by atoms with Crippen LogP contribution in [0, 0.1) is 18.8 Å². The molecule has 0 aliphatic carbocycles. The minimum atomic E-state index is 0. The molecular formula is C36H60B2. The first-order valence-electron chi connectivity index (χ1n) is 14.6. The Morgan fingerprint density at radius 1 is 0.632 bits per heavy atom. The fourth-order valence-electron chi connectivity index (χ4n) is 3.65. The smallest absolute Gasteiger partial charge is 0.112 e. The van der Waals surface area contributed by atoms with Crippen molar-refractivity contribution in [2.24, 2.45) is 11.8 Å². The summed E-state index contributed by atoms with van der Waals surface area (Å²) in [6.45, 7) is 29.6. The molecule has 2 aliphatic rings. The van der Waals surface area contributed by atoms with Crippen LogP contribution in [0.15, 0.2) is 77.6 Å². The van der Waals surface area contributed by atoms with E-state index in [1.807, 2.05) is 41.5 Å². The van der Waals surface area contributed by atoms with E-state index < -0.39 is 0 Å². The van der Waals surface area contributed by atoms with Gasteiger partial charge in [0.05, 0.1) is 0 Å². The summed E-state index contributed by atoms with van der Waals surface area (Å²) in [7, 11) is 4.44. The average molecular weight is 515 g/mol. The van der Waals surface area contributed by atoms with Crippen molar-refractivity contribution in [1.29, 1.82) is 0 Å². The van der Waals surface area contributed by atoms with Gasteiger partial charge in [-0.2, -0.15) is 0 Å². The van der Waals surface area contributed by atoms with E-state index in [1.54, 1.807) is 0 Å². The lowest BCUT2D eigenvalue weighted by Gasteiger charge is -2.08. The number of hydrogen-bond donors (Lipinski definition) is 0. The van der Waals surface area contributed by atoms with Crippen LogP contribution >= 0.6 is 0 Å². The highest BCUT2D eigenvalue weighted by Gasteiger charge is 2.15. The lowest BCUT2D eigenvalue weighted by atomic mass is 9.63. The van der Waals surface area contributed by atoms with Crippen molar-refractivity contribution in [2.45, 2.75) is 110 Å². The average Bonchev–Trinajstić information content (AvgIpc) is 3.55. The Hall–Kier alpha value is -2.21. The fraction of sp³-hybridized carbons (Fsp3) is 0.500. The van der Waals surface area contributed by atoms with Crippen LogP contribution in [0.2, 0.25) is 0 Å². The van der Waals surface area contributed by atoms with Crippen molar-refractivity contribution >= 4 is 25.6 Å². The molecule has 0 nitrogen and oxygen atoms in total. The predicted octanol–water partition coefficient (Wildman–Crippen LogP) is 11.0. The molecule has 0 spiro atoms. The van der Waals surface area contributed by atoms with E-state index >= 15 is 0 Å². The molecule has 0 unspecified atom stereocenters. The van der Waals surface area contributed by atoms with Crippen LogP contribution in [0.3, 0.4) is 0 Å². The normalized spacial score (nSPS) is 11.8. The van der Waals surface area contributed by atoms with E-state index in [0.29, 0.717) is 17.8 Å². The van der Waals surface area contributed by atoms with Crippen LogP contribution < -0.4 is 5.46 Å². The van der Waals surface area contributed by atoms with Crippen LogP contribution in [0.25, 0.3) is 5.57 Å². The van der Waals surface area contributed by atoms with Gasteiger partial charge in [-0.15, -0.1) is 16.9 Å². The Kier molecular flexibility index (Phi) is 25.3. The minimum absolute atomic E-state index is 0. The molecule has 4 rings (SSSR count). The van der Waals surface area contributed by atoms with E-state index in [4.69, 9.17) is 0 Å². The molecule has 2 radical (unpaired) electrons. The Morgan fingerprint density at radius 2 is 1.21 bits per heavy atom. The molecule has 0 atom stereocenters. The zero-order valence-electron chi connectivity index (χ0n) is 26.7. The van der Waals surface area contributed by atoms with Gasteiger partial charge in [-0.1, -0.05) is 175 Å². The molecule has 2 heterocycles. The molecule has 2 aromatic rings. The van der Waals surface area contributed by atoms with E-state index in [2.05, 4.69) is 137 Å². The lowest BCUT2D eigenvalue weighted by Crippen LogP contribution is -2.10. The molecule has 38 heavy (non-hydrogen) atoms. The van der Waals surface area contributed by atoms with Crippen molar-refractivity contribution in [2.75, 3.05) is 0 Å². The zero-order chi connectivity index (χ0) is 29.0. The van der Waals surface area contributed by atoms with E-state index in [-0.39, 0.29) is 7.43 Å². The molecule has 2 aromatic carbocycles. The highest BCUT2D eigenvalue weighted by Crippen LogP contribution is 2.24. The first-order valence-corrected chi connectivity index (χ1v) is 14.6. The third-order valence-corrected chi connectivity index (χ3v) is 5.64. The van der Waals surface area contributed by atoms with E-state index in [9.17, 15) is 0 Å². The SMILES string of the molecule is C.CC.CC.CC.CC(C)C1=C[B]c2ccccc21.CC1=CC=C(C(C)C)[B]1.Cc1cccc(C(C)C)c1. The van der Waals surface area contributed by atoms with Gasteiger partial charge < -0.3 is 0 Å². The van der Waals surface area contributed by atoms with Crippen LogP contribution in [-0.2, 0) is 0 Å². The molecule has 0 fully saturated rings. The summed E-state index contributed by atoms with van der Waals surface area (Å²) in [5.74, 6) is 4.19. The maximum atomic E-state index is 2.24. The topological polar surface area (TPSA) is 0 Å². The summed E-state index contributed by atoms with van der Waals surface area (Å²) in [6.07, 6.45) is 4.36. The summed E-state index contributed by atoms with van der Waals surface area (Å²) in [5, 5.41) is 0. The summed E-state index contributed by atoms with van der Waals surface area (Å²) < 4.78 is 0. The molecule has 0 saturated carbocycles. The van der Waals surface area contributed by atoms with Crippen molar-refractivity contribution in [1.82, 2.24) is 0 Å². The number of hydrogen-bond acceptors (Lipinski definition) is 0. The van der Waals surface area contributed by atoms with Gasteiger partial charge in [0, 0.05) is 0 Å². The Bertz CT molecular complexity index is 943. The summed E-state index contributed by atoms with van der Waals surface area (Å²) in [4.78, 5) is 0. The maximum Gasteiger partial charge on any atom is 0.182 e. The number of benzene rings is 2. The summed E-state index contributed by atoms with van der Waals surface area (Å²) >= 11 is 0. The third kappa shape index (κ3) is 15.3. The van der Waals surface area contributed by atoms with Crippen molar-refractivity contribution in [3.05, 3.63) is 94.3 Å². The number of rotatable bonds is 3. The van der Waals surface area contributed by atoms with Gasteiger partial charge in [-0.3, -0.25) is 0 Å². The van der Waals surface area contributed by atoms with Gasteiger partial charge in [0.25, 0.3) is 0 Å². The third-order valence-electron chi connectivity index (χ3n) is 5.64. The maximum absolute atomic E-state index is 2.24. The highest BCUT2D eigenvalue weighted by molar-refractivity contribution is 6.63. The summed E-state index contributed by atoms with van der Waals surface area (Å²) in [6, 6.07) is 17.2. The quantitative estimate of drug-likeness (QED) is 0.357. The standard InChI is InChI=1S/C11H12B.C10H14.C8H12B.3C2H6.CH4/c1-8(2)10-7-12-11-6-4-3-5-9(10)11;1-8(2)10-6-4-5-9(3)7-10;1-6(2)8-5-4-7(3)9-8;3*1-2;/h3-8H,1-2H3;4-8H,1-3H3;4-6H,1-3H3;3*1-2H3;1H4. The molecule has 210 valence electrons. The van der Waals surface area contributed by atoms with Crippen LogP contribution in [-0.4, -0.2) is 14.6 Å². The number of allylic oxidation sites excluding steroid dienone is 5. The Labute approximate surface area is 241 Å². The predicted molar refractivity (Wildman–Crippen MR) is 183 cm³/mol. The second kappa shape index (κ2) is 23.9. The van der Waals surface area contributed by atoms with Crippen molar-refractivity contribution in [3.63, 3.8) is 0 Å². The molecule has 0 aromatic heterocycles. The lowest BCUT2D eigenvalue weighted by molar-refractivity contribution is 0.812. The largest absolute Gasteiger partial charge is 0.182 e. The second-order valence-electron chi connectivity index (χ2n) is 9.48. The molecule has 0 N–H and O–H groups in total. The van der Waals surface area contributed by atoms with Gasteiger partial charge in [-0.25, -0.2) is 0 Å². The zero-order valence-corrected chi connectivity index (χ0v) is 26.7. The van der Waals surface area contributed by atoms with Crippen LogP contribution in [0.4, 0.5) is 0 Å². The molecule has 2 heteroatoms. The van der Waals surface area contributed by atoms with Crippen LogP contribution in [0.1, 0.15) is 120 Å². The molecule has 2 aliphatic heterocycles. The van der Waals surface area contributed by atoms with E-state index in [0.717, 1.165) is 0 Å². The minimum Gasteiger partial charge on any atom is -0.112 e. The van der Waals surface area contributed by atoms with Gasteiger partial charge in [0.1, 0.15) is 0 Å². The number of aryl methyl sites for hydroxylation is 1. The van der Waals surface area contributed by atoms with E-state index in [1.165, 1.54) is 38.7 Å². The molecule has 0 amide bonds. The summed E-state index contributed by atoms with van der Waals surface area (Å²) in [5.41, 5.74) is 9.84. The van der Waals surface area contributed by atoms with Crippen LogP contribution in [0.5, 0.6) is 0 Å². The van der Waals surface area contributed by atoms with Gasteiger partial charge in [0.2, 0.25) is 0 Å². The van der Waals surface area contributed by atoms with Crippen molar-refractivity contribution in [3.8, 4) is 0 Å². The monoisotopic (exact) mass is 514 g/mol. The van der Waals surface area contributed by atoms with Gasteiger partial charge >= 0.3 is 0 Å². The highest BCUT2D eigenvalue weighted by atomic mass is 14.1.